The van der Waals surface area contributed by atoms with Crippen molar-refractivity contribution >= 4 is 34.2 Å². The number of carbonyl (C=O) groups excluding carboxylic acids is 2. The minimum atomic E-state index is -0.530. The predicted molar refractivity (Wildman–Crippen MR) is 121 cm³/mol. The number of halogens is 1. The smallest absolute Gasteiger partial charge is 0.323 e. The van der Waals surface area contributed by atoms with Crippen molar-refractivity contribution in [3.63, 3.8) is 0 Å². The molecule has 8 heteroatoms. The summed E-state index contributed by atoms with van der Waals surface area (Å²) in [6.07, 6.45) is 2.72. The van der Waals surface area contributed by atoms with E-state index < -0.39 is 11.9 Å². The van der Waals surface area contributed by atoms with Crippen LogP contribution in [0.2, 0.25) is 0 Å². The molecule has 4 aromatic rings. The maximum Gasteiger partial charge on any atom is 0.323 e. The fourth-order valence-electron chi connectivity index (χ4n) is 3.43. The number of hydrogen-bond donors (Lipinski definition) is 3. The zero-order valence-electron chi connectivity index (χ0n) is 17.0. The fraction of sp³-hybridized carbons (Fsp3) is 0.0833. The summed E-state index contributed by atoms with van der Waals surface area (Å²) in [5.74, 6) is -0.899. The van der Waals surface area contributed by atoms with Gasteiger partial charge in [-0.25, -0.2) is 19.2 Å². The van der Waals surface area contributed by atoms with Crippen LogP contribution >= 0.6 is 0 Å². The van der Waals surface area contributed by atoms with Gasteiger partial charge in [-0.1, -0.05) is 24.3 Å². The lowest BCUT2D eigenvalue weighted by molar-refractivity contribution is 0.100. The number of hydrogen-bond acceptors (Lipinski definition) is 4. The lowest BCUT2D eigenvalue weighted by Gasteiger charge is -2.10. The highest BCUT2D eigenvalue weighted by Crippen LogP contribution is 2.21. The third kappa shape index (κ3) is 4.86. The molecule has 32 heavy (non-hydrogen) atoms. The van der Waals surface area contributed by atoms with Gasteiger partial charge in [0.2, 0.25) is 0 Å². The standard InChI is InChI=1S/C24H20FN5O2/c25-16-8-10-17(11-9-16)29-24(32)30-18-4-1-3-15(13-18)7-12-21-19-5-2-6-20(23(26)31)22(19)28-14-27-21/h1-6,8-11,13-14H,7,12H2,(H2,26,31)(H2,29,30,32). The number of nitrogens with two attached hydrogens (primary N) is 1. The van der Waals surface area contributed by atoms with Crippen LogP contribution in [0.1, 0.15) is 21.6 Å². The minimum Gasteiger partial charge on any atom is -0.366 e. The lowest BCUT2D eigenvalue weighted by atomic mass is 10.0. The van der Waals surface area contributed by atoms with Gasteiger partial charge in [-0.3, -0.25) is 4.79 Å². The second-order valence-electron chi connectivity index (χ2n) is 7.17. The summed E-state index contributed by atoms with van der Waals surface area (Å²) in [6, 6.07) is 17.9. The first-order chi connectivity index (χ1) is 15.5. The van der Waals surface area contributed by atoms with E-state index in [1.807, 2.05) is 24.3 Å². The number of anilines is 2. The first-order valence-corrected chi connectivity index (χ1v) is 9.94. The molecule has 160 valence electrons. The minimum absolute atomic E-state index is 0.365. The number of nitrogens with one attached hydrogen (secondary N) is 2. The number of fused-ring (bicyclic) bond motifs is 1. The van der Waals surface area contributed by atoms with E-state index in [0.29, 0.717) is 35.3 Å². The van der Waals surface area contributed by atoms with Crippen LogP contribution in [0.3, 0.4) is 0 Å². The average Bonchev–Trinajstić information content (AvgIpc) is 2.79. The van der Waals surface area contributed by atoms with Crippen LogP contribution in [0.15, 0.2) is 73.1 Å². The van der Waals surface area contributed by atoms with E-state index in [4.69, 9.17) is 5.73 Å². The van der Waals surface area contributed by atoms with Gasteiger partial charge in [0.05, 0.1) is 16.8 Å². The summed E-state index contributed by atoms with van der Waals surface area (Å²) in [5.41, 5.74) is 9.29. The molecule has 1 aromatic heterocycles. The van der Waals surface area contributed by atoms with E-state index in [1.165, 1.54) is 30.6 Å². The van der Waals surface area contributed by atoms with Crippen molar-refractivity contribution in [2.24, 2.45) is 5.73 Å². The van der Waals surface area contributed by atoms with Gasteiger partial charge < -0.3 is 16.4 Å². The van der Waals surface area contributed by atoms with Gasteiger partial charge >= 0.3 is 6.03 Å². The summed E-state index contributed by atoms with van der Waals surface area (Å²) < 4.78 is 13.0. The van der Waals surface area contributed by atoms with Crippen LogP contribution in [0.4, 0.5) is 20.6 Å². The molecule has 0 aliphatic rings. The predicted octanol–water partition coefficient (Wildman–Crippen LogP) is 4.30. The second kappa shape index (κ2) is 9.22. The van der Waals surface area contributed by atoms with Crippen LogP contribution in [-0.2, 0) is 12.8 Å². The SMILES string of the molecule is NC(=O)c1cccc2c(CCc3cccc(NC(=O)Nc4ccc(F)cc4)c3)ncnc12. The molecule has 0 saturated carbocycles. The number of rotatable bonds is 6. The highest BCUT2D eigenvalue weighted by atomic mass is 19.1. The first kappa shape index (κ1) is 20.9. The summed E-state index contributed by atoms with van der Waals surface area (Å²) in [6.45, 7) is 0. The quantitative estimate of drug-likeness (QED) is 0.424. The number of benzene rings is 3. The molecular weight excluding hydrogens is 409 g/mol. The van der Waals surface area contributed by atoms with Crippen molar-refractivity contribution in [1.29, 1.82) is 0 Å². The Balaban J connectivity index is 1.44. The Hall–Kier alpha value is -4.33. The Morgan fingerprint density at radius 1 is 0.875 bits per heavy atom. The topological polar surface area (TPSA) is 110 Å². The average molecular weight is 429 g/mol. The van der Waals surface area contributed by atoms with Gasteiger partial charge in [0.15, 0.2) is 0 Å². The lowest BCUT2D eigenvalue weighted by Crippen LogP contribution is -2.19. The van der Waals surface area contributed by atoms with Gasteiger partial charge in [0, 0.05) is 16.8 Å². The molecule has 0 fully saturated rings. The van der Waals surface area contributed by atoms with E-state index >= 15 is 0 Å². The molecule has 0 bridgehead atoms. The van der Waals surface area contributed by atoms with Gasteiger partial charge in [0.1, 0.15) is 12.1 Å². The molecule has 1 heterocycles. The van der Waals surface area contributed by atoms with Crippen molar-refractivity contribution in [1.82, 2.24) is 9.97 Å². The zero-order valence-corrected chi connectivity index (χ0v) is 17.0. The molecule has 4 N–H and O–H groups in total. The molecule has 4 rings (SSSR count). The first-order valence-electron chi connectivity index (χ1n) is 9.94. The van der Waals surface area contributed by atoms with Crippen LogP contribution in [0.5, 0.6) is 0 Å². The Bertz CT molecular complexity index is 1290. The van der Waals surface area contributed by atoms with Gasteiger partial charge in [0.25, 0.3) is 5.91 Å². The van der Waals surface area contributed by atoms with Crippen molar-refractivity contribution < 1.29 is 14.0 Å². The molecule has 3 aromatic carbocycles. The summed E-state index contributed by atoms with van der Waals surface area (Å²) >= 11 is 0. The van der Waals surface area contributed by atoms with Crippen molar-refractivity contribution in [2.75, 3.05) is 10.6 Å². The van der Waals surface area contributed by atoms with E-state index in [-0.39, 0.29) is 5.82 Å². The summed E-state index contributed by atoms with van der Waals surface area (Å²) in [5, 5.41) is 6.22. The van der Waals surface area contributed by atoms with Crippen molar-refractivity contribution in [3.8, 4) is 0 Å². The van der Waals surface area contributed by atoms with Crippen LogP contribution in [0, 0.1) is 5.82 Å². The van der Waals surface area contributed by atoms with E-state index in [2.05, 4.69) is 20.6 Å². The number of nitrogens with zero attached hydrogens (tertiary/aromatic N) is 2. The van der Waals surface area contributed by atoms with E-state index in [1.54, 1.807) is 18.2 Å². The van der Waals surface area contributed by atoms with Gasteiger partial charge in [-0.2, -0.15) is 0 Å². The molecule has 3 amide bonds. The van der Waals surface area contributed by atoms with Crippen LogP contribution < -0.4 is 16.4 Å². The molecule has 0 atom stereocenters. The van der Waals surface area contributed by atoms with Crippen LogP contribution in [0.25, 0.3) is 10.9 Å². The number of carbonyl (C=O) groups is 2. The fourth-order valence-corrected chi connectivity index (χ4v) is 3.43. The number of aromatic nitrogens is 2. The Labute approximate surface area is 183 Å². The van der Waals surface area contributed by atoms with Crippen LogP contribution in [-0.4, -0.2) is 21.9 Å². The third-order valence-electron chi connectivity index (χ3n) is 4.95. The largest absolute Gasteiger partial charge is 0.366 e. The van der Waals surface area contributed by atoms with Gasteiger partial charge in [-0.15, -0.1) is 0 Å². The maximum atomic E-state index is 13.0. The molecule has 0 aliphatic heterocycles. The molecule has 0 radical (unpaired) electrons. The molecule has 0 spiro atoms. The molecule has 0 saturated heterocycles. The highest BCUT2D eigenvalue weighted by molar-refractivity contribution is 6.05. The number of amides is 3. The number of urea groups is 1. The maximum absolute atomic E-state index is 13.0. The monoisotopic (exact) mass is 429 g/mol. The molecule has 7 nitrogen and oxygen atoms in total. The third-order valence-corrected chi connectivity index (χ3v) is 4.95. The molecule has 0 unspecified atom stereocenters. The summed E-state index contributed by atoms with van der Waals surface area (Å²) in [7, 11) is 0. The van der Waals surface area contributed by atoms with E-state index in [0.717, 1.165) is 16.6 Å². The molecular formula is C24H20FN5O2. The second-order valence-corrected chi connectivity index (χ2v) is 7.17. The van der Waals surface area contributed by atoms with Gasteiger partial charge in [-0.05, 0) is 60.9 Å². The Morgan fingerprint density at radius 3 is 2.41 bits per heavy atom. The van der Waals surface area contributed by atoms with Crippen molar-refractivity contribution in [3.05, 3.63) is 95.7 Å². The Morgan fingerprint density at radius 2 is 1.62 bits per heavy atom. The normalized spacial score (nSPS) is 10.7. The number of para-hydroxylation sites is 1. The van der Waals surface area contributed by atoms with E-state index in [9.17, 15) is 14.0 Å². The number of primary amides is 1. The van der Waals surface area contributed by atoms with Crippen molar-refractivity contribution in [2.45, 2.75) is 12.8 Å². The zero-order chi connectivity index (χ0) is 22.5. The molecule has 0 aliphatic carbocycles. The summed E-state index contributed by atoms with van der Waals surface area (Å²) in [4.78, 5) is 32.5. The highest BCUT2D eigenvalue weighted by Gasteiger charge is 2.11. The number of aryl methyl sites for hydroxylation is 2. The Kier molecular flexibility index (Phi) is 6.03.